The molecule has 0 aliphatic carbocycles. The van der Waals surface area contributed by atoms with Gasteiger partial charge in [-0.15, -0.1) is 0 Å². The molecule has 0 radical (unpaired) electrons. The fraction of sp³-hybridized carbons (Fsp3) is 0.111. The average molecular weight is 255 g/mol. The Morgan fingerprint density at radius 2 is 2.29 bits per heavy atom. The Morgan fingerprint density at radius 1 is 1.64 bits per heavy atom. The van der Waals surface area contributed by atoms with E-state index in [-0.39, 0.29) is 12.1 Å². The van der Waals surface area contributed by atoms with E-state index in [4.69, 9.17) is 16.1 Å². The maximum absolute atomic E-state index is 10.8. The van der Waals surface area contributed by atoms with Crippen molar-refractivity contribution in [3.05, 3.63) is 33.3 Å². The number of carboxylic acids is 1. The Kier molecular flexibility index (Phi) is 3.23. The predicted molar refractivity (Wildman–Crippen MR) is 53.7 cm³/mol. The third-order valence-corrected chi connectivity index (χ3v) is 2.70. The van der Waals surface area contributed by atoms with Crippen molar-refractivity contribution in [1.82, 2.24) is 0 Å². The summed E-state index contributed by atoms with van der Waals surface area (Å²) in [5, 5.41) is 17.5. The number of hydrogen-bond donors (Lipinski definition) is 2. The van der Waals surface area contributed by atoms with Gasteiger partial charge in [0, 0.05) is 11.0 Å². The highest BCUT2D eigenvalue weighted by atomic mass is 79.9. The van der Waals surface area contributed by atoms with E-state index >= 15 is 0 Å². The van der Waals surface area contributed by atoms with Crippen molar-refractivity contribution in [2.24, 2.45) is 5.73 Å². The lowest BCUT2D eigenvalue weighted by molar-refractivity contribution is 0.0695. The smallest absolute Gasteiger partial charge is 0.336 e. The van der Waals surface area contributed by atoms with Crippen LogP contribution >= 0.6 is 15.9 Å². The van der Waals surface area contributed by atoms with Gasteiger partial charge in [0.2, 0.25) is 0 Å². The first-order valence-corrected chi connectivity index (χ1v) is 4.56. The summed E-state index contributed by atoms with van der Waals surface area (Å²) < 4.78 is 0.461. The van der Waals surface area contributed by atoms with Crippen LogP contribution in [0.3, 0.4) is 0 Å². The minimum absolute atomic E-state index is 0.0811. The molecular formula is C9H7BrN2O2. The van der Waals surface area contributed by atoms with Crippen molar-refractivity contribution in [2.45, 2.75) is 6.54 Å². The second-order valence-corrected chi connectivity index (χ2v) is 3.37. The second kappa shape index (κ2) is 4.22. The molecule has 5 heteroatoms. The third kappa shape index (κ3) is 1.76. The quantitative estimate of drug-likeness (QED) is 0.837. The van der Waals surface area contributed by atoms with Crippen molar-refractivity contribution >= 4 is 21.9 Å². The van der Waals surface area contributed by atoms with Crippen LogP contribution in [-0.2, 0) is 6.54 Å². The summed E-state index contributed by atoms with van der Waals surface area (Å²) in [5.41, 5.74) is 6.36. The lowest BCUT2D eigenvalue weighted by Gasteiger charge is -2.06. The molecule has 72 valence electrons. The molecule has 4 nitrogen and oxygen atoms in total. The number of benzene rings is 1. The van der Waals surface area contributed by atoms with Crippen molar-refractivity contribution in [2.75, 3.05) is 0 Å². The Balaban J connectivity index is 3.45. The summed E-state index contributed by atoms with van der Waals surface area (Å²) in [6.07, 6.45) is 0. The van der Waals surface area contributed by atoms with Crippen molar-refractivity contribution in [3.8, 4) is 6.07 Å². The van der Waals surface area contributed by atoms with E-state index in [9.17, 15) is 4.79 Å². The lowest BCUT2D eigenvalue weighted by atomic mass is 10.0. The molecule has 0 aliphatic rings. The van der Waals surface area contributed by atoms with E-state index in [0.29, 0.717) is 15.6 Å². The number of nitrogens with two attached hydrogens (primary N) is 1. The highest BCUT2D eigenvalue weighted by molar-refractivity contribution is 9.10. The molecule has 0 atom stereocenters. The number of nitrogens with zero attached hydrogens (tertiary/aromatic N) is 1. The van der Waals surface area contributed by atoms with Crippen LogP contribution in [0.2, 0.25) is 0 Å². The molecule has 3 N–H and O–H groups in total. The molecule has 0 heterocycles. The van der Waals surface area contributed by atoms with Crippen molar-refractivity contribution in [1.29, 1.82) is 5.26 Å². The molecule has 0 bridgehead atoms. The number of rotatable bonds is 2. The van der Waals surface area contributed by atoms with Gasteiger partial charge in [0.05, 0.1) is 11.1 Å². The first-order chi connectivity index (χ1) is 6.61. The molecule has 0 saturated carbocycles. The molecule has 0 saturated heterocycles. The number of nitriles is 1. The fourth-order valence-electron chi connectivity index (χ4n) is 1.11. The summed E-state index contributed by atoms with van der Waals surface area (Å²) >= 11 is 3.15. The molecule has 0 unspecified atom stereocenters. The number of halogens is 1. The standard InChI is InChI=1S/C9H7BrN2O2/c10-8-5(3-11)1-2-6(9(13)14)7(8)4-12/h1-2H,4,12H2,(H,13,14). The van der Waals surface area contributed by atoms with Crippen LogP contribution in [0, 0.1) is 11.3 Å². The van der Waals surface area contributed by atoms with Crippen LogP contribution in [0.1, 0.15) is 21.5 Å². The van der Waals surface area contributed by atoms with Gasteiger partial charge in [-0.3, -0.25) is 0 Å². The van der Waals surface area contributed by atoms with Crippen LogP contribution in [0.4, 0.5) is 0 Å². The summed E-state index contributed by atoms with van der Waals surface area (Å²) in [4.78, 5) is 10.8. The van der Waals surface area contributed by atoms with E-state index in [1.54, 1.807) is 0 Å². The molecule has 14 heavy (non-hydrogen) atoms. The van der Waals surface area contributed by atoms with Gasteiger partial charge in [0.15, 0.2) is 0 Å². The van der Waals surface area contributed by atoms with Crippen LogP contribution in [0.15, 0.2) is 16.6 Å². The number of hydrogen-bond acceptors (Lipinski definition) is 3. The Morgan fingerprint density at radius 3 is 2.71 bits per heavy atom. The van der Waals surface area contributed by atoms with Gasteiger partial charge in [-0.25, -0.2) is 4.79 Å². The highest BCUT2D eigenvalue weighted by Crippen LogP contribution is 2.24. The van der Waals surface area contributed by atoms with Gasteiger partial charge in [-0.05, 0) is 33.6 Å². The molecule has 0 aliphatic heterocycles. The first-order valence-electron chi connectivity index (χ1n) is 3.76. The van der Waals surface area contributed by atoms with Gasteiger partial charge in [0.1, 0.15) is 6.07 Å². The summed E-state index contributed by atoms with van der Waals surface area (Å²) in [5.74, 6) is -1.05. The topological polar surface area (TPSA) is 87.1 Å². The number of carboxylic acid groups (broad SMARTS) is 1. The molecule has 1 aromatic carbocycles. The zero-order valence-corrected chi connectivity index (χ0v) is 8.71. The van der Waals surface area contributed by atoms with Gasteiger partial charge in [-0.1, -0.05) is 0 Å². The van der Waals surface area contributed by atoms with Crippen molar-refractivity contribution < 1.29 is 9.90 Å². The molecular weight excluding hydrogens is 248 g/mol. The highest BCUT2D eigenvalue weighted by Gasteiger charge is 2.14. The summed E-state index contributed by atoms with van der Waals surface area (Å²) in [6, 6.07) is 4.77. The molecule has 0 aromatic heterocycles. The summed E-state index contributed by atoms with van der Waals surface area (Å²) in [6.45, 7) is 0.0811. The SMILES string of the molecule is N#Cc1ccc(C(=O)O)c(CN)c1Br. The van der Waals surface area contributed by atoms with Crippen LogP contribution in [0.5, 0.6) is 0 Å². The van der Waals surface area contributed by atoms with Gasteiger partial charge in [-0.2, -0.15) is 5.26 Å². The van der Waals surface area contributed by atoms with Crippen molar-refractivity contribution in [3.63, 3.8) is 0 Å². The Hall–Kier alpha value is -1.38. The van der Waals surface area contributed by atoms with E-state index in [1.807, 2.05) is 6.07 Å². The zero-order chi connectivity index (χ0) is 10.7. The molecule has 0 amide bonds. The monoisotopic (exact) mass is 254 g/mol. The molecule has 1 aromatic rings. The molecule has 0 fully saturated rings. The maximum atomic E-state index is 10.8. The van der Waals surface area contributed by atoms with E-state index in [0.717, 1.165) is 0 Å². The molecule has 1 rings (SSSR count). The predicted octanol–water partition coefficient (Wildman–Crippen LogP) is 1.48. The van der Waals surface area contributed by atoms with Gasteiger partial charge in [0.25, 0.3) is 0 Å². The number of aromatic carboxylic acids is 1. The van der Waals surface area contributed by atoms with E-state index in [1.165, 1.54) is 12.1 Å². The fourth-order valence-corrected chi connectivity index (χ4v) is 1.70. The van der Waals surface area contributed by atoms with Gasteiger partial charge >= 0.3 is 5.97 Å². The second-order valence-electron chi connectivity index (χ2n) is 2.57. The van der Waals surface area contributed by atoms with Crippen LogP contribution in [0.25, 0.3) is 0 Å². The largest absolute Gasteiger partial charge is 0.478 e. The van der Waals surface area contributed by atoms with Crippen LogP contribution in [-0.4, -0.2) is 11.1 Å². The van der Waals surface area contributed by atoms with Gasteiger partial charge < -0.3 is 10.8 Å². The van der Waals surface area contributed by atoms with Crippen LogP contribution < -0.4 is 5.73 Å². The third-order valence-electron chi connectivity index (χ3n) is 1.80. The van der Waals surface area contributed by atoms with E-state index in [2.05, 4.69) is 15.9 Å². The maximum Gasteiger partial charge on any atom is 0.336 e. The number of carbonyl (C=O) groups is 1. The first kappa shape index (κ1) is 10.7. The Bertz CT molecular complexity index is 424. The minimum atomic E-state index is -1.05. The minimum Gasteiger partial charge on any atom is -0.478 e. The lowest BCUT2D eigenvalue weighted by Crippen LogP contribution is -2.08. The zero-order valence-electron chi connectivity index (χ0n) is 7.12. The molecule has 0 spiro atoms. The average Bonchev–Trinajstić information content (AvgIpc) is 2.17. The normalized spacial score (nSPS) is 9.50. The Labute approximate surface area is 89.1 Å². The summed E-state index contributed by atoms with van der Waals surface area (Å²) in [7, 11) is 0. The van der Waals surface area contributed by atoms with E-state index < -0.39 is 5.97 Å².